The molecule has 0 aliphatic carbocycles. The maximum absolute atomic E-state index is 12.5. The van der Waals surface area contributed by atoms with E-state index in [-0.39, 0.29) is 5.91 Å². The molecule has 108 valence electrons. The zero-order valence-electron chi connectivity index (χ0n) is 11.1. The van der Waals surface area contributed by atoms with E-state index in [1.807, 2.05) is 0 Å². The summed E-state index contributed by atoms with van der Waals surface area (Å²) < 4.78 is 5.44. The summed E-state index contributed by atoms with van der Waals surface area (Å²) in [5, 5.41) is 9.01. The molecule has 0 saturated carbocycles. The third kappa shape index (κ3) is 3.27. The van der Waals surface area contributed by atoms with Crippen molar-refractivity contribution in [2.24, 2.45) is 0 Å². The van der Waals surface area contributed by atoms with Gasteiger partial charge in [-0.3, -0.25) is 14.5 Å². The lowest BCUT2D eigenvalue weighted by molar-refractivity contribution is -0.139. The fourth-order valence-electron chi connectivity index (χ4n) is 2.26. The highest BCUT2D eigenvalue weighted by Crippen LogP contribution is 2.25. The van der Waals surface area contributed by atoms with Gasteiger partial charge in [0.1, 0.15) is 12.6 Å². The van der Waals surface area contributed by atoms with Gasteiger partial charge in [0.2, 0.25) is 0 Å². The molecule has 1 atom stereocenters. The van der Waals surface area contributed by atoms with Crippen LogP contribution in [0.15, 0.2) is 24.3 Å². The van der Waals surface area contributed by atoms with Crippen LogP contribution >= 0.6 is 0 Å². The molecule has 0 spiro atoms. The Kier molecular flexibility index (Phi) is 4.57. The average molecular weight is 278 g/mol. The number of benzene rings is 1. The second-order valence-electron chi connectivity index (χ2n) is 4.73. The molecule has 1 aromatic rings. The van der Waals surface area contributed by atoms with Crippen LogP contribution in [0.5, 0.6) is 0 Å². The molecule has 1 heterocycles. The van der Waals surface area contributed by atoms with Crippen molar-refractivity contribution < 1.29 is 19.4 Å². The summed E-state index contributed by atoms with van der Waals surface area (Å²) in [4.78, 5) is 24.7. The molecule has 1 aliphatic heterocycles. The van der Waals surface area contributed by atoms with Crippen LogP contribution in [0.25, 0.3) is 0 Å². The number of nitrogen functional groups attached to an aromatic ring is 1. The number of hydrogen-bond donors (Lipinski definition) is 2. The van der Waals surface area contributed by atoms with Crippen molar-refractivity contribution in [1.82, 2.24) is 0 Å². The molecule has 6 heteroatoms. The third-order valence-electron chi connectivity index (χ3n) is 3.24. The molecule has 1 amide bonds. The minimum Gasteiger partial charge on any atom is -0.480 e. The summed E-state index contributed by atoms with van der Waals surface area (Å²) in [5.41, 5.74) is 6.62. The molecule has 20 heavy (non-hydrogen) atoms. The quantitative estimate of drug-likeness (QED) is 0.809. The van der Waals surface area contributed by atoms with Crippen LogP contribution in [-0.4, -0.2) is 36.2 Å². The van der Waals surface area contributed by atoms with Gasteiger partial charge in [0.05, 0.1) is 11.4 Å². The van der Waals surface area contributed by atoms with Gasteiger partial charge in [-0.15, -0.1) is 0 Å². The smallest absolute Gasteiger partial charge is 0.323 e. The van der Waals surface area contributed by atoms with E-state index in [0.29, 0.717) is 24.4 Å². The van der Waals surface area contributed by atoms with E-state index in [9.17, 15) is 9.59 Å². The Morgan fingerprint density at radius 3 is 2.70 bits per heavy atom. The number of carbonyl (C=O) groups is 2. The Morgan fingerprint density at radius 2 is 2.10 bits per heavy atom. The topological polar surface area (TPSA) is 92.9 Å². The van der Waals surface area contributed by atoms with Crippen molar-refractivity contribution in [2.45, 2.75) is 25.4 Å². The number of ether oxygens (including phenoxy) is 1. The lowest BCUT2D eigenvalue weighted by Gasteiger charge is -2.29. The number of carboxylic acid groups (broad SMARTS) is 1. The zero-order valence-corrected chi connectivity index (χ0v) is 11.1. The zero-order chi connectivity index (χ0) is 14.5. The normalized spacial score (nSPS) is 18.5. The Bertz CT molecular complexity index is 498. The Morgan fingerprint density at radius 1 is 1.35 bits per heavy atom. The number of rotatable bonds is 4. The van der Waals surface area contributed by atoms with Gasteiger partial charge >= 0.3 is 5.97 Å². The van der Waals surface area contributed by atoms with Crippen molar-refractivity contribution in [3.05, 3.63) is 24.3 Å². The molecule has 2 rings (SSSR count). The van der Waals surface area contributed by atoms with Gasteiger partial charge in [-0.1, -0.05) is 12.1 Å². The van der Waals surface area contributed by atoms with E-state index in [0.717, 1.165) is 12.8 Å². The van der Waals surface area contributed by atoms with Crippen LogP contribution in [-0.2, 0) is 14.3 Å². The minimum absolute atomic E-state index is 0.343. The van der Waals surface area contributed by atoms with Crippen molar-refractivity contribution in [3.63, 3.8) is 0 Å². The van der Waals surface area contributed by atoms with Crippen molar-refractivity contribution in [2.75, 3.05) is 23.8 Å². The number of aliphatic carboxylic acids is 1. The van der Waals surface area contributed by atoms with Crippen LogP contribution in [0.4, 0.5) is 11.4 Å². The van der Waals surface area contributed by atoms with Crippen LogP contribution in [0.3, 0.4) is 0 Å². The number of hydrogen-bond acceptors (Lipinski definition) is 4. The molecular weight excluding hydrogens is 260 g/mol. The minimum atomic E-state index is -1.09. The summed E-state index contributed by atoms with van der Waals surface area (Å²) in [6.45, 7) is 0.106. The average Bonchev–Trinajstić information content (AvgIpc) is 2.46. The monoisotopic (exact) mass is 278 g/mol. The molecule has 3 N–H and O–H groups in total. The van der Waals surface area contributed by atoms with E-state index in [1.54, 1.807) is 24.3 Å². The largest absolute Gasteiger partial charge is 0.480 e. The number of carboxylic acids is 1. The highest BCUT2D eigenvalue weighted by atomic mass is 16.5. The van der Waals surface area contributed by atoms with E-state index in [4.69, 9.17) is 15.6 Å². The highest BCUT2D eigenvalue weighted by molar-refractivity contribution is 6.02. The van der Waals surface area contributed by atoms with Gasteiger partial charge in [-0.05, 0) is 31.4 Å². The van der Waals surface area contributed by atoms with Crippen molar-refractivity contribution in [1.29, 1.82) is 0 Å². The number of amides is 1. The molecular formula is C14H18N2O4. The Balaban J connectivity index is 2.25. The number of anilines is 2. The fraction of sp³-hybridized carbons (Fsp3) is 0.429. The second-order valence-corrected chi connectivity index (χ2v) is 4.73. The summed E-state index contributed by atoms with van der Waals surface area (Å²) in [6.07, 6.45) is 1.86. The molecule has 0 bridgehead atoms. The standard InChI is InChI=1S/C14H18N2O4/c15-10-5-1-2-6-11(10)16(9-13(17)18)14(19)12-7-3-4-8-20-12/h1-2,5-6,12H,3-4,7-9,15H2,(H,17,18). The Hall–Kier alpha value is -2.08. The van der Waals surface area contributed by atoms with E-state index >= 15 is 0 Å². The maximum Gasteiger partial charge on any atom is 0.323 e. The first-order valence-electron chi connectivity index (χ1n) is 6.59. The number of carbonyl (C=O) groups excluding carboxylic acids is 1. The molecule has 1 fully saturated rings. The van der Waals surface area contributed by atoms with Crippen molar-refractivity contribution >= 4 is 23.3 Å². The number of nitrogens with zero attached hydrogens (tertiary/aromatic N) is 1. The third-order valence-corrected chi connectivity index (χ3v) is 3.24. The van der Waals surface area contributed by atoms with E-state index in [1.165, 1.54) is 4.90 Å². The molecule has 0 radical (unpaired) electrons. The second kappa shape index (κ2) is 6.38. The molecule has 0 aromatic heterocycles. The molecule has 1 saturated heterocycles. The molecule has 6 nitrogen and oxygen atoms in total. The van der Waals surface area contributed by atoms with Gasteiger partial charge in [-0.25, -0.2) is 0 Å². The summed E-state index contributed by atoms with van der Waals surface area (Å²) in [5.74, 6) is -1.43. The van der Waals surface area contributed by atoms with Gasteiger partial charge in [-0.2, -0.15) is 0 Å². The summed E-state index contributed by atoms with van der Waals surface area (Å²) in [7, 11) is 0. The van der Waals surface area contributed by atoms with Crippen LogP contribution in [0.1, 0.15) is 19.3 Å². The first kappa shape index (κ1) is 14.3. The predicted octanol–water partition coefficient (Wildman–Crippen LogP) is 1.26. The predicted molar refractivity (Wildman–Crippen MR) is 74.4 cm³/mol. The van der Waals surface area contributed by atoms with Crippen LogP contribution < -0.4 is 10.6 Å². The van der Waals surface area contributed by atoms with Crippen LogP contribution in [0.2, 0.25) is 0 Å². The summed E-state index contributed by atoms with van der Waals surface area (Å²) >= 11 is 0. The van der Waals surface area contributed by atoms with Gasteiger partial charge in [0.15, 0.2) is 0 Å². The van der Waals surface area contributed by atoms with Gasteiger partial charge in [0.25, 0.3) is 5.91 Å². The molecule has 1 aliphatic rings. The van der Waals surface area contributed by atoms with Gasteiger partial charge in [0, 0.05) is 6.61 Å². The lowest BCUT2D eigenvalue weighted by Crippen LogP contribution is -2.44. The fourth-order valence-corrected chi connectivity index (χ4v) is 2.26. The van der Waals surface area contributed by atoms with Crippen molar-refractivity contribution in [3.8, 4) is 0 Å². The highest BCUT2D eigenvalue weighted by Gasteiger charge is 2.29. The SMILES string of the molecule is Nc1ccccc1N(CC(=O)O)C(=O)C1CCCCO1. The first-order chi connectivity index (χ1) is 9.59. The maximum atomic E-state index is 12.5. The molecule has 1 aromatic carbocycles. The number of para-hydroxylation sites is 2. The van der Waals surface area contributed by atoms with E-state index < -0.39 is 18.6 Å². The molecule has 1 unspecified atom stereocenters. The number of nitrogens with two attached hydrogens (primary N) is 1. The first-order valence-corrected chi connectivity index (χ1v) is 6.59. The summed E-state index contributed by atoms with van der Waals surface area (Å²) in [6, 6.07) is 6.73. The van der Waals surface area contributed by atoms with Gasteiger partial charge < -0.3 is 15.6 Å². The van der Waals surface area contributed by atoms with E-state index in [2.05, 4.69) is 0 Å². The Labute approximate surface area is 117 Å². The lowest BCUT2D eigenvalue weighted by atomic mass is 10.1. The van der Waals surface area contributed by atoms with Crippen LogP contribution in [0, 0.1) is 0 Å².